The van der Waals surface area contributed by atoms with E-state index in [-0.39, 0.29) is 0 Å². The average Bonchev–Trinajstić information content (AvgIpc) is 3.06. The maximum atomic E-state index is 4.12. The van der Waals surface area contributed by atoms with E-state index in [9.17, 15) is 0 Å². The molecule has 0 bridgehead atoms. The number of para-hydroxylation sites is 2. The van der Waals surface area contributed by atoms with Crippen molar-refractivity contribution in [3.63, 3.8) is 0 Å². The summed E-state index contributed by atoms with van der Waals surface area (Å²) in [7, 11) is 0. The topological polar surface area (TPSA) is 77.3 Å². The molecule has 192 valence electrons. The Morgan fingerprint density at radius 3 is 0.975 bits per heavy atom. The van der Waals surface area contributed by atoms with Crippen molar-refractivity contribution in [3.05, 3.63) is 159 Å². The first-order valence-electron chi connectivity index (χ1n) is 12.8. The van der Waals surface area contributed by atoms with Gasteiger partial charge in [-0.3, -0.25) is 19.9 Å². The summed E-state index contributed by atoms with van der Waals surface area (Å²) in [5.41, 5.74) is 4.61. The highest BCUT2D eigenvalue weighted by molar-refractivity contribution is 5.82. The van der Waals surface area contributed by atoms with E-state index in [2.05, 4.69) is 78.4 Å². The molecule has 0 saturated carbocycles. The van der Waals surface area contributed by atoms with Gasteiger partial charge in [-0.05, 0) is 71.4 Å². The van der Waals surface area contributed by atoms with Gasteiger partial charge in [0.15, 0.2) is 5.65 Å². The minimum absolute atomic E-state index is 0.810. The average molecular weight is 519 g/mol. The van der Waals surface area contributed by atoms with E-state index in [1.165, 1.54) is 10.8 Å². The minimum Gasteiger partial charge on any atom is -0.255 e. The number of benzene rings is 3. The molecule has 0 aliphatic carbocycles. The quantitative estimate of drug-likeness (QED) is 0.204. The van der Waals surface area contributed by atoms with E-state index >= 15 is 0 Å². The first-order valence-corrected chi connectivity index (χ1v) is 12.8. The lowest BCUT2D eigenvalue weighted by atomic mass is 10.1. The second-order valence-corrected chi connectivity index (χ2v) is 8.49. The molecule has 0 radical (unpaired) electrons. The van der Waals surface area contributed by atoms with Gasteiger partial charge >= 0.3 is 0 Å². The molecule has 0 unspecified atom stereocenters. The maximum absolute atomic E-state index is 4.12. The Kier molecular flexibility index (Phi) is 8.96. The summed E-state index contributed by atoms with van der Waals surface area (Å²) in [5.74, 6) is 0. The van der Waals surface area contributed by atoms with E-state index in [1.54, 1.807) is 37.2 Å². The van der Waals surface area contributed by atoms with E-state index in [1.807, 2.05) is 72.8 Å². The molecule has 0 fully saturated rings. The molecule has 6 heteroatoms. The molecule has 40 heavy (non-hydrogen) atoms. The second-order valence-electron chi connectivity index (χ2n) is 8.49. The van der Waals surface area contributed by atoms with Gasteiger partial charge in [-0.2, -0.15) is 0 Å². The zero-order chi connectivity index (χ0) is 27.2. The lowest BCUT2D eigenvalue weighted by molar-refractivity contribution is 1.29. The predicted octanol–water partition coefficient (Wildman–Crippen LogP) is 7.73. The first-order chi connectivity index (χ1) is 19.9. The van der Waals surface area contributed by atoms with Crippen LogP contribution in [0.25, 0.3) is 43.9 Å². The number of aromatic nitrogens is 6. The van der Waals surface area contributed by atoms with Gasteiger partial charge in [0.1, 0.15) is 0 Å². The lowest BCUT2D eigenvalue weighted by Gasteiger charge is -1.92. The monoisotopic (exact) mass is 518 g/mol. The third kappa shape index (κ3) is 7.24. The predicted molar refractivity (Wildman–Crippen MR) is 163 cm³/mol. The molecule has 8 rings (SSSR count). The van der Waals surface area contributed by atoms with Crippen molar-refractivity contribution in [2.75, 3.05) is 0 Å². The normalized spacial score (nSPS) is 10.0. The van der Waals surface area contributed by atoms with Crippen molar-refractivity contribution in [1.29, 1.82) is 0 Å². The van der Waals surface area contributed by atoms with Crippen LogP contribution in [0.3, 0.4) is 0 Å². The van der Waals surface area contributed by atoms with Crippen LogP contribution in [0.15, 0.2) is 159 Å². The smallest absolute Gasteiger partial charge is 0.159 e. The van der Waals surface area contributed by atoms with Gasteiger partial charge in [-0.15, -0.1) is 0 Å². The number of fused-ring (bicyclic) bond motifs is 4. The Morgan fingerprint density at radius 1 is 0.250 bits per heavy atom. The van der Waals surface area contributed by atoms with Crippen LogP contribution in [0.2, 0.25) is 0 Å². The molecule has 0 N–H and O–H groups in total. The Bertz CT molecular complexity index is 1390. The summed E-state index contributed by atoms with van der Waals surface area (Å²) in [4.78, 5) is 24.6. The molecular weight excluding hydrogens is 492 g/mol. The Morgan fingerprint density at radius 2 is 0.550 bits per heavy atom. The molecule has 5 heterocycles. The zero-order valence-corrected chi connectivity index (χ0v) is 21.7. The van der Waals surface area contributed by atoms with Crippen LogP contribution in [-0.4, -0.2) is 29.9 Å². The van der Waals surface area contributed by atoms with Gasteiger partial charge in [-0.1, -0.05) is 60.7 Å². The summed E-state index contributed by atoms with van der Waals surface area (Å²) < 4.78 is 0. The third-order valence-electron chi connectivity index (χ3n) is 5.78. The summed E-state index contributed by atoms with van der Waals surface area (Å²) >= 11 is 0. The van der Waals surface area contributed by atoms with Crippen LogP contribution in [0.1, 0.15) is 0 Å². The Hall–Kier alpha value is -5.62. The molecule has 8 aromatic rings. The van der Waals surface area contributed by atoms with Crippen LogP contribution in [0, 0.1) is 0 Å². The van der Waals surface area contributed by atoms with E-state index in [4.69, 9.17) is 0 Å². The van der Waals surface area contributed by atoms with E-state index in [0.29, 0.717) is 0 Å². The fourth-order valence-corrected chi connectivity index (χ4v) is 3.85. The number of pyridine rings is 4. The fraction of sp³-hybridized carbons (Fsp3) is 0. The van der Waals surface area contributed by atoms with Crippen LogP contribution in [0.4, 0.5) is 0 Å². The number of nitrogens with zero attached hydrogens (tertiary/aromatic N) is 6. The van der Waals surface area contributed by atoms with Crippen molar-refractivity contribution in [1.82, 2.24) is 29.9 Å². The minimum atomic E-state index is 0.810. The van der Waals surface area contributed by atoms with Crippen LogP contribution >= 0.6 is 0 Å². The van der Waals surface area contributed by atoms with Crippen molar-refractivity contribution < 1.29 is 0 Å². The lowest BCUT2D eigenvalue weighted by Crippen LogP contribution is -1.78. The van der Waals surface area contributed by atoms with E-state index in [0.717, 1.165) is 33.1 Å². The fourth-order valence-electron chi connectivity index (χ4n) is 3.85. The zero-order valence-electron chi connectivity index (χ0n) is 21.7. The molecule has 0 aliphatic heterocycles. The first kappa shape index (κ1) is 26.0. The summed E-state index contributed by atoms with van der Waals surface area (Å²) in [6.45, 7) is 0. The highest BCUT2D eigenvalue weighted by Crippen LogP contribution is 2.11. The highest BCUT2D eigenvalue weighted by atomic mass is 14.8. The molecule has 5 aromatic heterocycles. The number of hydrogen-bond acceptors (Lipinski definition) is 6. The van der Waals surface area contributed by atoms with Crippen LogP contribution in [-0.2, 0) is 0 Å². The Labute approximate surface area is 232 Å². The van der Waals surface area contributed by atoms with Gasteiger partial charge in [0, 0.05) is 42.6 Å². The molecule has 6 nitrogen and oxygen atoms in total. The highest BCUT2D eigenvalue weighted by Gasteiger charge is 1.90. The van der Waals surface area contributed by atoms with Gasteiger partial charge in [0.25, 0.3) is 0 Å². The van der Waals surface area contributed by atoms with Crippen LogP contribution in [0.5, 0.6) is 0 Å². The number of hydrogen-bond donors (Lipinski definition) is 0. The molecule has 0 spiro atoms. The second kappa shape index (κ2) is 13.8. The van der Waals surface area contributed by atoms with Crippen LogP contribution < -0.4 is 0 Å². The van der Waals surface area contributed by atoms with Gasteiger partial charge in [-0.25, -0.2) is 9.97 Å². The SMILES string of the molecule is c1ccc2ccccc2c1.c1ccc2nccnc2c1.c1cnc2cccnc2c1.c1cnc2ncccc2c1. The maximum Gasteiger partial charge on any atom is 0.159 e. The summed E-state index contributed by atoms with van der Waals surface area (Å²) in [6, 6.07) is 40.0. The van der Waals surface area contributed by atoms with Gasteiger partial charge in [0.05, 0.1) is 22.1 Å². The molecule has 0 saturated heterocycles. The van der Waals surface area contributed by atoms with Crippen molar-refractivity contribution in [2.45, 2.75) is 0 Å². The standard InChI is InChI=1S/C10H8.3C8H6N2/c1-2-6-10-8-4-3-7-9(10)5-1;1-3-7-8(9-5-1)4-2-6-10-7;1-3-7-4-2-6-10-8(7)9-5-1;1-2-4-8-7(3-1)9-5-6-10-8/h1-8H;3*1-6H. The Balaban J connectivity index is 0.000000108. The molecular formula is C34H26N6. The van der Waals surface area contributed by atoms with Gasteiger partial charge < -0.3 is 0 Å². The van der Waals surface area contributed by atoms with Crippen molar-refractivity contribution >= 4 is 43.9 Å². The van der Waals surface area contributed by atoms with Crippen molar-refractivity contribution in [3.8, 4) is 0 Å². The molecule has 0 amide bonds. The van der Waals surface area contributed by atoms with E-state index < -0.39 is 0 Å². The van der Waals surface area contributed by atoms with Gasteiger partial charge in [0.2, 0.25) is 0 Å². The molecule has 0 atom stereocenters. The summed E-state index contributed by atoms with van der Waals surface area (Å²) in [6.07, 6.45) is 10.4. The molecule has 0 aliphatic rings. The van der Waals surface area contributed by atoms with Crippen molar-refractivity contribution in [2.24, 2.45) is 0 Å². The largest absolute Gasteiger partial charge is 0.255 e. The molecule has 3 aromatic carbocycles. The number of rotatable bonds is 0. The summed E-state index contributed by atoms with van der Waals surface area (Å²) in [5, 5.41) is 3.71. The third-order valence-corrected chi connectivity index (χ3v) is 5.78.